The summed E-state index contributed by atoms with van der Waals surface area (Å²) in [5.41, 5.74) is 4.29. The van der Waals surface area contributed by atoms with Crippen molar-refractivity contribution in [3.63, 3.8) is 0 Å². The van der Waals surface area contributed by atoms with Crippen LogP contribution in [0, 0.1) is 0 Å². The average Bonchev–Trinajstić information content (AvgIpc) is 2.85. The van der Waals surface area contributed by atoms with Gasteiger partial charge in [0.15, 0.2) is 5.75 Å². The molecule has 0 unspecified atom stereocenters. The van der Waals surface area contributed by atoms with E-state index in [0.717, 1.165) is 32.1 Å². The summed E-state index contributed by atoms with van der Waals surface area (Å²) in [5.74, 6) is 1.26. The van der Waals surface area contributed by atoms with Crippen molar-refractivity contribution in [3.05, 3.63) is 107 Å². The predicted octanol–water partition coefficient (Wildman–Crippen LogP) is 8.70. The summed E-state index contributed by atoms with van der Waals surface area (Å²) < 4.78 is 12.7. The molecule has 172 valence electrons. The van der Waals surface area contributed by atoms with E-state index in [-0.39, 0.29) is 5.97 Å². The summed E-state index contributed by atoms with van der Waals surface area (Å²) in [7, 11) is 0. The molecule has 0 saturated carbocycles. The van der Waals surface area contributed by atoms with E-state index in [1.54, 1.807) is 24.3 Å². The van der Waals surface area contributed by atoms with Gasteiger partial charge in [-0.05, 0) is 60.2 Å². The fraction of sp³-hybridized carbons (Fsp3) is 0.0345. The van der Waals surface area contributed by atoms with Crippen LogP contribution in [0.2, 0.25) is 5.02 Å². The molecule has 5 rings (SSSR count). The highest BCUT2D eigenvalue weighted by Gasteiger charge is 2.21. The van der Waals surface area contributed by atoms with Gasteiger partial charge >= 0.3 is 5.97 Å². The molecular formula is C29H19BrClNO3. The average molecular weight is 545 g/mol. The van der Waals surface area contributed by atoms with Crippen LogP contribution < -0.4 is 9.47 Å². The second-order valence-corrected chi connectivity index (χ2v) is 9.22. The van der Waals surface area contributed by atoms with E-state index < -0.39 is 0 Å². The number of benzene rings is 4. The lowest BCUT2D eigenvalue weighted by Crippen LogP contribution is -2.01. The first-order valence-electron chi connectivity index (χ1n) is 10.9. The van der Waals surface area contributed by atoms with Crippen molar-refractivity contribution in [2.45, 2.75) is 6.92 Å². The van der Waals surface area contributed by atoms with E-state index >= 15 is 0 Å². The smallest absolute Gasteiger partial charge is 0.308 e. The number of aromatic nitrogens is 1. The van der Waals surface area contributed by atoms with Crippen LogP contribution in [0.15, 0.2) is 102 Å². The zero-order chi connectivity index (χ0) is 24.4. The third-order valence-corrected chi connectivity index (χ3v) is 6.15. The van der Waals surface area contributed by atoms with Crippen molar-refractivity contribution in [1.29, 1.82) is 0 Å². The Hall–Kier alpha value is -3.67. The summed E-state index contributed by atoms with van der Waals surface area (Å²) in [6.45, 7) is 1.37. The summed E-state index contributed by atoms with van der Waals surface area (Å²) >= 11 is 9.92. The van der Waals surface area contributed by atoms with Gasteiger partial charge < -0.3 is 9.47 Å². The van der Waals surface area contributed by atoms with Gasteiger partial charge in [0.05, 0.1) is 5.52 Å². The largest absolute Gasteiger partial charge is 0.454 e. The number of rotatable bonds is 5. The molecule has 5 aromatic rings. The first-order valence-corrected chi connectivity index (χ1v) is 12.1. The fourth-order valence-electron chi connectivity index (χ4n) is 3.87. The van der Waals surface area contributed by atoms with Crippen LogP contribution in [-0.2, 0) is 4.79 Å². The maximum Gasteiger partial charge on any atom is 0.308 e. The van der Waals surface area contributed by atoms with E-state index in [0.29, 0.717) is 28.0 Å². The number of nitrogens with zero attached hydrogens (tertiary/aromatic N) is 1. The maximum atomic E-state index is 11.3. The van der Waals surface area contributed by atoms with E-state index in [1.165, 1.54) is 6.92 Å². The van der Waals surface area contributed by atoms with Crippen LogP contribution in [0.1, 0.15) is 6.92 Å². The maximum absolute atomic E-state index is 11.3. The van der Waals surface area contributed by atoms with Crippen LogP contribution in [0.5, 0.6) is 17.2 Å². The fourth-order valence-corrected chi connectivity index (χ4v) is 4.31. The van der Waals surface area contributed by atoms with E-state index in [1.807, 2.05) is 72.8 Å². The summed E-state index contributed by atoms with van der Waals surface area (Å²) in [4.78, 5) is 16.3. The molecule has 0 aliphatic heterocycles. The van der Waals surface area contributed by atoms with Crippen molar-refractivity contribution in [2.75, 3.05) is 0 Å². The first kappa shape index (κ1) is 23.1. The van der Waals surface area contributed by atoms with Gasteiger partial charge in [0.25, 0.3) is 0 Å². The molecule has 4 aromatic carbocycles. The molecule has 0 aliphatic carbocycles. The van der Waals surface area contributed by atoms with Gasteiger partial charge in [-0.15, -0.1) is 0 Å². The molecule has 0 spiro atoms. The molecular weight excluding hydrogens is 526 g/mol. The lowest BCUT2D eigenvalue weighted by Gasteiger charge is -2.19. The number of ether oxygens (including phenoxy) is 2. The van der Waals surface area contributed by atoms with Crippen LogP contribution in [0.25, 0.3) is 33.3 Å². The standard InChI is InChI=1S/C29H19BrClNO3/c1-18(33)34-23-12-14-24(15-13-23)35-29-27(19-5-3-2-4-6-19)25-17-22(31)11-16-26(25)32-28(29)20-7-9-21(30)10-8-20/h2-17H,1H3. The Morgan fingerprint density at radius 2 is 1.51 bits per heavy atom. The van der Waals surface area contributed by atoms with Gasteiger partial charge in [-0.3, -0.25) is 4.79 Å². The van der Waals surface area contributed by atoms with Crippen LogP contribution in [-0.4, -0.2) is 11.0 Å². The summed E-state index contributed by atoms with van der Waals surface area (Å²) in [6.07, 6.45) is 0. The van der Waals surface area contributed by atoms with Crippen molar-refractivity contribution >= 4 is 44.4 Å². The minimum atomic E-state index is -0.377. The van der Waals surface area contributed by atoms with E-state index in [2.05, 4.69) is 15.9 Å². The molecule has 0 aliphatic rings. The molecule has 0 saturated heterocycles. The van der Waals surface area contributed by atoms with Crippen molar-refractivity contribution in [2.24, 2.45) is 0 Å². The molecule has 1 aromatic heterocycles. The molecule has 0 radical (unpaired) electrons. The monoisotopic (exact) mass is 543 g/mol. The topological polar surface area (TPSA) is 48.4 Å². The van der Waals surface area contributed by atoms with E-state index in [4.69, 9.17) is 26.1 Å². The highest BCUT2D eigenvalue weighted by atomic mass is 79.9. The molecule has 0 bridgehead atoms. The Morgan fingerprint density at radius 3 is 2.20 bits per heavy atom. The van der Waals surface area contributed by atoms with Crippen molar-refractivity contribution in [1.82, 2.24) is 4.98 Å². The molecule has 0 amide bonds. The molecule has 1 heterocycles. The van der Waals surface area contributed by atoms with E-state index in [9.17, 15) is 4.79 Å². The number of fused-ring (bicyclic) bond motifs is 1. The lowest BCUT2D eigenvalue weighted by atomic mass is 9.96. The normalized spacial score (nSPS) is 10.8. The number of esters is 1. The van der Waals surface area contributed by atoms with Crippen LogP contribution in [0.3, 0.4) is 0 Å². The molecule has 0 N–H and O–H groups in total. The van der Waals surface area contributed by atoms with Crippen molar-refractivity contribution in [3.8, 4) is 39.6 Å². The number of carbonyl (C=O) groups excluding carboxylic acids is 1. The predicted molar refractivity (Wildman–Crippen MR) is 143 cm³/mol. The van der Waals surface area contributed by atoms with Gasteiger partial charge in [0.1, 0.15) is 17.2 Å². The third kappa shape index (κ3) is 5.06. The number of carbonyl (C=O) groups is 1. The second-order valence-electron chi connectivity index (χ2n) is 7.87. The molecule has 6 heteroatoms. The van der Waals surface area contributed by atoms with Gasteiger partial charge in [0, 0.05) is 32.9 Å². The molecule has 35 heavy (non-hydrogen) atoms. The Kier molecular flexibility index (Phi) is 6.53. The zero-order valence-corrected chi connectivity index (χ0v) is 21.0. The quantitative estimate of drug-likeness (QED) is 0.164. The minimum absolute atomic E-state index is 0.377. The Balaban J connectivity index is 1.76. The molecule has 4 nitrogen and oxygen atoms in total. The number of hydrogen-bond donors (Lipinski definition) is 0. The zero-order valence-electron chi connectivity index (χ0n) is 18.7. The van der Waals surface area contributed by atoms with Crippen LogP contribution in [0.4, 0.5) is 0 Å². The van der Waals surface area contributed by atoms with Gasteiger partial charge in [0.2, 0.25) is 0 Å². The Bertz CT molecular complexity index is 1520. The number of pyridine rings is 1. The second kappa shape index (κ2) is 9.90. The minimum Gasteiger partial charge on any atom is -0.454 e. The molecule has 0 atom stereocenters. The SMILES string of the molecule is CC(=O)Oc1ccc(Oc2c(-c3ccc(Br)cc3)nc3ccc(Cl)cc3c2-c2ccccc2)cc1. The number of halogens is 2. The summed E-state index contributed by atoms with van der Waals surface area (Å²) in [6, 6.07) is 30.6. The Labute approximate surface area is 216 Å². The van der Waals surface area contributed by atoms with Gasteiger partial charge in [-0.1, -0.05) is 70.0 Å². The van der Waals surface area contributed by atoms with Gasteiger partial charge in [-0.25, -0.2) is 4.98 Å². The third-order valence-electron chi connectivity index (χ3n) is 5.39. The van der Waals surface area contributed by atoms with Gasteiger partial charge in [-0.2, -0.15) is 0 Å². The first-order chi connectivity index (χ1) is 17.0. The highest BCUT2D eigenvalue weighted by molar-refractivity contribution is 9.10. The highest BCUT2D eigenvalue weighted by Crippen LogP contribution is 2.45. The van der Waals surface area contributed by atoms with Crippen LogP contribution >= 0.6 is 27.5 Å². The van der Waals surface area contributed by atoms with Crippen molar-refractivity contribution < 1.29 is 14.3 Å². The Morgan fingerprint density at radius 1 is 0.829 bits per heavy atom. The number of hydrogen-bond acceptors (Lipinski definition) is 4. The summed E-state index contributed by atoms with van der Waals surface area (Å²) in [5, 5.41) is 1.50. The lowest BCUT2D eigenvalue weighted by molar-refractivity contribution is -0.131. The molecule has 0 fully saturated rings.